The largest absolute Gasteiger partial charge is 0.417 e. The van der Waals surface area contributed by atoms with Crippen LogP contribution in [0.25, 0.3) is 0 Å². The van der Waals surface area contributed by atoms with Gasteiger partial charge in [-0.15, -0.1) is 0 Å². The molecule has 0 fully saturated rings. The SMILES string of the molecule is CC(C)(C)[Si](C)(C)OCCCI.CC(C)(C)[Si](C)(C)OCCCO.CC(C)(C)[Si](C)(C)OCCCP(C)(C)=O.CC(C)N(C(C)C)P(Cl)OCCC#N.CC(C)N(C(C)C)P(OCCC#N)OCCCP(C)(C)=O.CP(C)(=O)CCCO.C[P+](C)=O.F.N.OCCCO. The first-order chi connectivity index (χ1) is 41.0. The van der Waals surface area contributed by atoms with E-state index in [2.05, 4.69) is 195 Å². The molecule has 2 unspecified atom stereocenters. The van der Waals surface area contributed by atoms with Crippen molar-refractivity contribution in [3.63, 3.8) is 0 Å². The van der Waals surface area contributed by atoms with Crippen LogP contribution < -0.4 is 6.15 Å². The number of rotatable bonds is 35. The van der Waals surface area contributed by atoms with E-state index in [9.17, 15) is 18.3 Å². The molecule has 0 amide bonds. The molecule has 31 heteroatoms. The molecule has 0 spiro atoms. The Kier molecular flexibility index (Phi) is 79.0. The Morgan fingerprint density at radius 1 is 0.495 bits per heavy atom. The number of alkyl halides is 1. The summed E-state index contributed by atoms with van der Waals surface area (Å²) in [5.74, 6) is 0. The molecule has 0 bridgehead atoms. The number of halogens is 3. The van der Waals surface area contributed by atoms with Crippen LogP contribution in [0.2, 0.25) is 54.4 Å². The molecule has 19 nitrogen and oxygen atoms in total. The fourth-order valence-electron chi connectivity index (χ4n) is 5.81. The summed E-state index contributed by atoms with van der Waals surface area (Å²) in [5.41, 5.74) is 0. The van der Waals surface area contributed by atoms with Gasteiger partial charge < -0.3 is 67.1 Å². The third-order valence-electron chi connectivity index (χ3n) is 13.8. The Hall–Kier alpha value is 1.71. The van der Waals surface area contributed by atoms with Crippen LogP contribution in [-0.2, 0) is 45.1 Å². The molecule has 0 aromatic rings. The monoisotopic (exact) mass is 1640 g/mol. The van der Waals surface area contributed by atoms with Crippen LogP contribution in [0, 0.1) is 22.7 Å². The number of hydrogen-bond acceptors (Lipinski definition) is 19. The summed E-state index contributed by atoms with van der Waals surface area (Å²) in [6.45, 7) is 69.0. The first kappa shape index (κ1) is 116. The lowest BCUT2D eigenvalue weighted by Crippen LogP contribution is -2.41. The Morgan fingerprint density at radius 2 is 0.753 bits per heavy atom. The van der Waals surface area contributed by atoms with Crippen LogP contribution in [0.3, 0.4) is 0 Å². The van der Waals surface area contributed by atoms with E-state index in [-0.39, 0.29) is 47.4 Å². The van der Waals surface area contributed by atoms with E-state index in [0.29, 0.717) is 93.6 Å². The smallest absolute Gasteiger partial charge is 0.332 e. The zero-order valence-corrected chi connectivity index (χ0v) is 76.4. The minimum Gasteiger partial charge on any atom is -0.417 e. The van der Waals surface area contributed by atoms with Crippen molar-refractivity contribution in [1.82, 2.24) is 15.5 Å². The molecule has 568 valence electrons. The predicted molar refractivity (Wildman–Crippen MR) is 427 cm³/mol. The van der Waals surface area contributed by atoms with Gasteiger partial charge in [0.1, 0.15) is 13.3 Å². The Balaban J connectivity index is -0.000000109. The molecule has 2 atom stereocenters. The summed E-state index contributed by atoms with van der Waals surface area (Å²) in [6, 6.07) is 5.45. The second-order valence-electron chi connectivity index (χ2n) is 29.2. The van der Waals surface area contributed by atoms with E-state index >= 15 is 0 Å². The van der Waals surface area contributed by atoms with E-state index < -0.39 is 70.4 Å². The van der Waals surface area contributed by atoms with Crippen LogP contribution in [0.15, 0.2) is 0 Å². The maximum Gasteiger partial charge on any atom is 0.332 e. The normalized spacial score (nSPS) is 12.7. The van der Waals surface area contributed by atoms with Crippen molar-refractivity contribution in [2.75, 3.05) is 142 Å². The van der Waals surface area contributed by atoms with Crippen LogP contribution >= 0.6 is 79.2 Å². The molecule has 0 saturated heterocycles. The third-order valence-corrected chi connectivity index (χ3v) is 36.9. The van der Waals surface area contributed by atoms with Gasteiger partial charge >= 0.3 is 7.80 Å². The minimum absolute atomic E-state index is 0. The minimum atomic E-state index is -1.98. The summed E-state index contributed by atoms with van der Waals surface area (Å²) >= 11 is 8.53. The quantitative estimate of drug-likeness (QED) is 0.0129. The topological polar surface area (TPSA) is 294 Å². The molecular formula is C62H149ClFIN5O14P6Si3+. The molecule has 0 heterocycles. The van der Waals surface area contributed by atoms with E-state index in [1.807, 2.05) is 19.4 Å². The summed E-state index contributed by atoms with van der Waals surface area (Å²) in [6.07, 6.45) is 7.75. The van der Waals surface area contributed by atoms with Gasteiger partial charge in [0.25, 0.3) is 8.53 Å². The molecule has 0 aliphatic rings. The fourth-order valence-corrected chi connectivity index (χ4v) is 16.1. The van der Waals surface area contributed by atoms with Gasteiger partial charge in [-0.3, -0.25) is 4.70 Å². The van der Waals surface area contributed by atoms with E-state index in [0.717, 1.165) is 38.6 Å². The number of aliphatic hydroxyl groups is 4. The summed E-state index contributed by atoms with van der Waals surface area (Å²) in [7, 11) is -13.4. The van der Waals surface area contributed by atoms with Crippen molar-refractivity contribution < 1.29 is 70.2 Å². The Labute approximate surface area is 598 Å². The molecule has 0 saturated carbocycles. The summed E-state index contributed by atoms with van der Waals surface area (Å²) < 4.78 is 84.0. The van der Waals surface area contributed by atoms with Crippen LogP contribution in [0.4, 0.5) is 4.70 Å². The van der Waals surface area contributed by atoms with Crippen LogP contribution in [0.5, 0.6) is 0 Å². The standard InChI is InChI=1S/C14H30N2O3P2.C11H27O2PSi.C9H18ClN2OP.C9H21IOSi.C9H22O2Si.C5H13O2P.C3H8O2.C2H6OP.FH.H3N/c1-13(2)16(14(3)4)20(18-10-7-9-15)19-11-8-12-21(5,6)17;1-11(2,3)15(6,7)13-9-8-10-14(4,5)12;1-8(2)12(9(3)4)14(10)13-7-5-6-11;2*1-9(2,3)12(4,5)11-8-6-7-10;1-8(2,7)5-3-4-6;4-2-1-3-5;1-4(2)3;;/h13-14H,7-8,10-12H2,1-6H3;8-10H2,1-7H3;8-9H,5,7H2,1-4H3;6-8H2,1-5H3;10H,6-8H2,1-5H3;6H,3-5H2,1-2H3;4-5H,1-3H2;1-2H3;1H;1H3/q;;;;;;;+1;;. The van der Waals surface area contributed by atoms with Gasteiger partial charge in [0.15, 0.2) is 25.0 Å². The van der Waals surface area contributed by atoms with Gasteiger partial charge in [-0.1, -0.05) is 89.5 Å². The van der Waals surface area contributed by atoms with Gasteiger partial charge in [-0.05, 0) is 200 Å². The second-order valence-corrected chi connectivity index (χ2v) is 60.6. The highest BCUT2D eigenvalue weighted by molar-refractivity contribution is 14.1. The molecule has 0 aliphatic heterocycles. The molecule has 93 heavy (non-hydrogen) atoms. The maximum absolute atomic E-state index is 11.7. The number of hydrogen-bond donors (Lipinski definition) is 5. The molecule has 0 aromatic carbocycles. The van der Waals surface area contributed by atoms with Gasteiger partial charge in [-0.25, -0.2) is 9.34 Å². The van der Waals surface area contributed by atoms with Crippen molar-refractivity contribution in [1.29, 1.82) is 10.5 Å². The Morgan fingerprint density at radius 3 is 0.989 bits per heavy atom. The molecular weight excluding hydrogens is 1490 g/mol. The van der Waals surface area contributed by atoms with Crippen molar-refractivity contribution in [2.45, 2.75) is 248 Å². The lowest BCUT2D eigenvalue weighted by Gasteiger charge is -2.36. The van der Waals surface area contributed by atoms with Crippen molar-refractivity contribution >= 4 is 104 Å². The van der Waals surface area contributed by atoms with Gasteiger partial charge in [-0.2, -0.15) is 10.5 Å². The summed E-state index contributed by atoms with van der Waals surface area (Å²) in [4.78, 5) is 0. The molecule has 0 rings (SSSR count). The molecule has 0 radical (unpaired) electrons. The first-order valence-corrected chi connectivity index (χ1v) is 56.3. The van der Waals surface area contributed by atoms with Gasteiger partial charge in [0.2, 0.25) is 7.65 Å². The second kappa shape index (κ2) is 63.4. The fraction of sp³-hybridized carbons (Fsp3) is 0.968. The summed E-state index contributed by atoms with van der Waals surface area (Å²) in [5, 5.41) is 50.6. The zero-order valence-electron chi connectivity index (χ0n) is 65.1. The molecule has 7 N–H and O–H groups in total. The van der Waals surface area contributed by atoms with Gasteiger partial charge in [0.05, 0.1) is 66.2 Å². The lowest BCUT2D eigenvalue weighted by molar-refractivity contribution is 0.176. The molecule has 0 aromatic heterocycles. The average molecular weight is 1640 g/mol. The highest BCUT2D eigenvalue weighted by atomic mass is 127. The zero-order chi connectivity index (χ0) is 73.9. The highest BCUT2D eigenvalue weighted by Gasteiger charge is 2.39. The van der Waals surface area contributed by atoms with E-state index in [4.69, 9.17) is 69.0 Å². The highest BCUT2D eigenvalue weighted by Crippen LogP contribution is 2.50. The van der Waals surface area contributed by atoms with Crippen molar-refractivity contribution in [3.05, 3.63) is 0 Å². The van der Waals surface area contributed by atoms with Crippen LogP contribution in [0.1, 0.15) is 169 Å². The van der Waals surface area contributed by atoms with E-state index in [1.165, 1.54) is 10.8 Å². The van der Waals surface area contributed by atoms with Crippen molar-refractivity contribution in [3.8, 4) is 12.1 Å². The van der Waals surface area contributed by atoms with Crippen LogP contribution in [-0.4, -0.2) is 221 Å². The number of aliphatic hydroxyl groups excluding tert-OH is 4. The number of nitriles is 2. The maximum atomic E-state index is 11.7. The Bertz CT molecular complexity index is 1920. The van der Waals surface area contributed by atoms with Gasteiger partial charge in [0, 0.05) is 93.3 Å². The third kappa shape index (κ3) is 80.9. The van der Waals surface area contributed by atoms with Crippen molar-refractivity contribution in [2.24, 2.45) is 0 Å². The first-order valence-electron chi connectivity index (χ1n) is 32.3. The van der Waals surface area contributed by atoms with E-state index in [1.54, 1.807) is 40.0 Å². The molecule has 0 aliphatic carbocycles. The average Bonchev–Trinajstić information content (AvgIpc) is 0.895. The lowest BCUT2D eigenvalue weighted by atomic mass is 10.2. The number of nitrogens with zero attached hydrogens (tertiary/aromatic N) is 4. The predicted octanol–water partition coefficient (Wildman–Crippen LogP) is 19.8.